The van der Waals surface area contributed by atoms with E-state index in [-0.39, 0.29) is 10.8 Å². The predicted octanol–water partition coefficient (Wildman–Crippen LogP) is 5.63. The van der Waals surface area contributed by atoms with Crippen molar-refractivity contribution in [2.45, 2.75) is 77.2 Å². The summed E-state index contributed by atoms with van der Waals surface area (Å²) in [6.45, 7) is 4.81. The van der Waals surface area contributed by atoms with Crippen LogP contribution in [0.3, 0.4) is 0 Å². The Hall–Kier alpha value is -0.160. The zero-order chi connectivity index (χ0) is 18.6. The van der Waals surface area contributed by atoms with Crippen LogP contribution in [0.15, 0.2) is 23.8 Å². The van der Waals surface area contributed by atoms with Gasteiger partial charge in [0.05, 0.1) is 5.60 Å². The highest BCUT2D eigenvalue weighted by molar-refractivity contribution is 14.1. The number of ketones is 1. The maximum atomic E-state index is 11.9. The second-order valence-corrected chi connectivity index (χ2v) is 10.8. The number of hydrogen-bond donors (Lipinski definition) is 1. The first-order chi connectivity index (χ1) is 12.3. The quantitative estimate of drug-likeness (QED) is 0.331. The molecule has 4 rings (SSSR count). The summed E-state index contributed by atoms with van der Waals surface area (Å²) in [4.78, 5) is 11.9. The van der Waals surface area contributed by atoms with Crippen molar-refractivity contribution in [2.24, 2.45) is 28.6 Å². The molecule has 144 valence electrons. The summed E-state index contributed by atoms with van der Waals surface area (Å²) in [5.41, 5.74) is 1.08. The summed E-state index contributed by atoms with van der Waals surface area (Å²) < 4.78 is 1.11. The van der Waals surface area contributed by atoms with Crippen molar-refractivity contribution in [3.8, 4) is 0 Å². The van der Waals surface area contributed by atoms with Crippen molar-refractivity contribution in [1.29, 1.82) is 0 Å². The van der Waals surface area contributed by atoms with Crippen molar-refractivity contribution in [1.82, 2.24) is 0 Å². The van der Waals surface area contributed by atoms with Crippen LogP contribution in [-0.4, -0.2) is 20.9 Å². The fourth-order valence-electron chi connectivity index (χ4n) is 7.23. The number of allylic oxidation sites excluding steroid dienone is 2. The molecule has 0 radical (unpaired) electrons. The highest BCUT2D eigenvalue weighted by Gasteiger charge is 2.63. The lowest BCUT2D eigenvalue weighted by Crippen LogP contribution is -2.54. The third-order valence-electron chi connectivity index (χ3n) is 8.85. The maximum Gasteiger partial charge on any atom is 0.155 e. The fourth-order valence-corrected chi connectivity index (χ4v) is 7.59. The molecule has 0 saturated heterocycles. The van der Waals surface area contributed by atoms with Crippen molar-refractivity contribution in [3.63, 3.8) is 0 Å². The van der Waals surface area contributed by atoms with E-state index in [0.717, 1.165) is 55.3 Å². The molecule has 1 N–H and O–H groups in total. The maximum absolute atomic E-state index is 11.9. The molecule has 0 bridgehead atoms. The molecule has 0 amide bonds. The minimum atomic E-state index is -0.617. The number of alkyl halides is 1. The molecule has 0 aromatic rings. The Morgan fingerprint density at radius 3 is 2.69 bits per heavy atom. The molecule has 6 atom stereocenters. The Morgan fingerprint density at radius 1 is 1.15 bits per heavy atom. The third-order valence-corrected chi connectivity index (χ3v) is 9.47. The number of carbonyl (C=O) groups excluding carboxylic acids is 1. The number of aliphatic hydroxyl groups is 1. The van der Waals surface area contributed by atoms with Crippen LogP contribution in [0.4, 0.5) is 0 Å². The van der Waals surface area contributed by atoms with Gasteiger partial charge in [-0.1, -0.05) is 54.2 Å². The molecule has 0 heterocycles. The zero-order valence-electron chi connectivity index (χ0n) is 16.3. The Balaban J connectivity index is 1.62. The third kappa shape index (κ3) is 2.70. The molecule has 0 unspecified atom stereocenters. The van der Waals surface area contributed by atoms with Crippen LogP contribution < -0.4 is 0 Å². The summed E-state index contributed by atoms with van der Waals surface area (Å²) in [7, 11) is 0. The van der Waals surface area contributed by atoms with E-state index in [4.69, 9.17) is 0 Å². The second-order valence-electron chi connectivity index (χ2n) is 9.77. The first kappa shape index (κ1) is 19.2. The van der Waals surface area contributed by atoms with Crippen LogP contribution >= 0.6 is 22.6 Å². The molecule has 0 aliphatic heterocycles. The van der Waals surface area contributed by atoms with Crippen molar-refractivity contribution in [2.75, 3.05) is 4.43 Å². The molecule has 4 aliphatic carbocycles. The van der Waals surface area contributed by atoms with Crippen LogP contribution in [0.25, 0.3) is 0 Å². The van der Waals surface area contributed by atoms with Gasteiger partial charge < -0.3 is 5.11 Å². The van der Waals surface area contributed by atoms with Gasteiger partial charge in [-0.15, -0.1) is 0 Å². The lowest BCUT2D eigenvalue weighted by molar-refractivity contribution is -0.120. The summed E-state index contributed by atoms with van der Waals surface area (Å²) in [6.07, 6.45) is 15.9. The smallest absolute Gasteiger partial charge is 0.155 e. The van der Waals surface area contributed by atoms with E-state index in [1.807, 2.05) is 6.08 Å². The van der Waals surface area contributed by atoms with E-state index in [9.17, 15) is 9.90 Å². The molecule has 0 spiro atoms. The lowest BCUT2D eigenvalue weighted by Gasteiger charge is -2.59. The SMILES string of the molecule is C[C@]12CCC(=O)C=C1CC[C@@H]1[C@@H]2CC[C@@]2(C)[C@H]1CC[C@@]2(O)/C=C\CCI. The molecular formula is C23H33IO2. The fraction of sp³-hybridized carbons (Fsp3) is 0.783. The molecule has 0 aromatic heterocycles. The van der Waals surface area contributed by atoms with Crippen molar-refractivity contribution >= 4 is 28.4 Å². The van der Waals surface area contributed by atoms with Gasteiger partial charge in [0.1, 0.15) is 0 Å². The molecule has 0 aromatic carbocycles. The standard InChI is InChI=1S/C23H33IO2/c1-21-11-7-17(25)15-16(21)5-6-18-19(21)8-12-22(2)20(18)9-13-23(22,26)10-3-4-14-24/h3,10,15,18-20,26H,4-9,11-14H2,1-2H3/b10-3-/t18-,19+,20+,21+,22+,23+/m1/s1. The molecule has 3 fully saturated rings. The minimum absolute atomic E-state index is 0.0258. The van der Waals surface area contributed by atoms with Gasteiger partial charge in [0.15, 0.2) is 5.78 Å². The number of carbonyl (C=O) groups is 1. The van der Waals surface area contributed by atoms with Gasteiger partial charge in [0.2, 0.25) is 0 Å². The molecule has 4 aliphatic rings. The van der Waals surface area contributed by atoms with Gasteiger partial charge in [-0.05, 0) is 80.6 Å². The van der Waals surface area contributed by atoms with Crippen molar-refractivity contribution < 1.29 is 9.90 Å². The number of hydrogen-bond acceptors (Lipinski definition) is 2. The predicted molar refractivity (Wildman–Crippen MR) is 114 cm³/mol. The summed E-state index contributed by atoms with van der Waals surface area (Å²) in [6, 6.07) is 0. The Kier molecular flexibility index (Phi) is 4.95. The van der Waals surface area contributed by atoms with Crippen LogP contribution in [0.1, 0.15) is 71.6 Å². The largest absolute Gasteiger partial charge is 0.385 e. The molecule has 26 heavy (non-hydrogen) atoms. The van der Waals surface area contributed by atoms with Gasteiger partial charge in [-0.2, -0.15) is 0 Å². The van der Waals surface area contributed by atoms with E-state index in [1.165, 1.54) is 18.4 Å². The highest BCUT2D eigenvalue weighted by atomic mass is 127. The van der Waals surface area contributed by atoms with Crippen molar-refractivity contribution in [3.05, 3.63) is 23.8 Å². The average Bonchev–Trinajstić information content (AvgIpc) is 2.87. The molecule has 2 nitrogen and oxygen atoms in total. The van der Waals surface area contributed by atoms with Gasteiger partial charge in [-0.3, -0.25) is 4.79 Å². The van der Waals surface area contributed by atoms with E-state index in [0.29, 0.717) is 17.6 Å². The first-order valence-electron chi connectivity index (χ1n) is 10.5. The summed E-state index contributed by atoms with van der Waals surface area (Å²) >= 11 is 2.40. The normalized spacial score (nSPS) is 48.1. The molecule has 3 saturated carbocycles. The molecule has 3 heteroatoms. The van der Waals surface area contributed by atoms with Crippen LogP contribution in [0.5, 0.6) is 0 Å². The average molecular weight is 468 g/mol. The monoisotopic (exact) mass is 468 g/mol. The van der Waals surface area contributed by atoms with Gasteiger partial charge in [-0.25, -0.2) is 0 Å². The lowest BCUT2D eigenvalue weighted by atomic mass is 9.46. The van der Waals surface area contributed by atoms with Crippen LogP contribution in [0, 0.1) is 28.6 Å². The molecular weight excluding hydrogens is 435 g/mol. The van der Waals surface area contributed by atoms with Gasteiger partial charge in [0, 0.05) is 16.3 Å². The first-order valence-corrected chi connectivity index (χ1v) is 12.1. The summed E-state index contributed by atoms with van der Waals surface area (Å²) in [5, 5.41) is 11.5. The highest BCUT2D eigenvalue weighted by Crippen LogP contribution is 2.67. The van der Waals surface area contributed by atoms with Crippen LogP contribution in [0.2, 0.25) is 0 Å². The Morgan fingerprint density at radius 2 is 1.92 bits per heavy atom. The topological polar surface area (TPSA) is 37.3 Å². The van der Waals surface area contributed by atoms with E-state index in [2.05, 4.69) is 48.6 Å². The van der Waals surface area contributed by atoms with E-state index in [1.54, 1.807) is 0 Å². The van der Waals surface area contributed by atoms with Gasteiger partial charge in [0.25, 0.3) is 0 Å². The van der Waals surface area contributed by atoms with E-state index >= 15 is 0 Å². The second kappa shape index (κ2) is 6.72. The number of fused-ring (bicyclic) bond motifs is 5. The summed E-state index contributed by atoms with van der Waals surface area (Å²) in [5.74, 6) is 2.39. The minimum Gasteiger partial charge on any atom is -0.385 e. The van der Waals surface area contributed by atoms with E-state index < -0.39 is 5.60 Å². The zero-order valence-corrected chi connectivity index (χ0v) is 18.4. The van der Waals surface area contributed by atoms with Gasteiger partial charge >= 0.3 is 0 Å². The Bertz CT molecular complexity index is 653. The van der Waals surface area contributed by atoms with Crippen LogP contribution in [-0.2, 0) is 4.79 Å². The number of halogens is 1. The Labute approximate surface area is 172 Å². The number of rotatable bonds is 3.